The molecule has 0 radical (unpaired) electrons. The number of aromatic hydroxyl groups is 2. The van der Waals surface area contributed by atoms with Crippen LogP contribution in [0.2, 0.25) is 10.0 Å². The summed E-state index contributed by atoms with van der Waals surface area (Å²) >= 11 is 12.4. The largest absolute Gasteiger partial charge is 0.507 e. The van der Waals surface area contributed by atoms with E-state index < -0.39 is 23.5 Å². The lowest BCUT2D eigenvalue weighted by molar-refractivity contribution is -0.132. The van der Waals surface area contributed by atoms with Gasteiger partial charge in [-0.1, -0.05) is 29.3 Å². The SMILES string of the molecule is CCOc1cc(C2/C(=C(\O)c3cc(OC)c(Cl)cc3OC)C(=O)C(=O)N2c2cc(Cl)ccc2O)ccc1O. The number of amides is 1. The lowest BCUT2D eigenvalue weighted by atomic mass is 9.94. The second-order valence-electron chi connectivity index (χ2n) is 8.15. The summed E-state index contributed by atoms with van der Waals surface area (Å²) in [6.45, 7) is 1.95. The van der Waals surface area contributed by atoms with Gasteiger partial charge in [-0.05, 0) is 48.9 Å². The second kappa shape index (κ2) is 10.7. The Kier molecular flexibility index (Phi) is 7.61. The number of hydrogen-bond donors (Lipinski definition) is 3. The van der Waals surface area contributed by atoms with E-state index in [9.17, 15) is 24.9 Å². The number of phenolic OH excluding ortho intramolecular Hbond substituents is 2. The number of anilines is 1. The molecule has 3 N–H and O–H groups in total. The Morgan fingerprint density at radius 3 is 2.26 bits per heavy atom. The molecule has 3 aromatic carbocycles. The topological polar surface area (TPSA) is 126 Å². The molecule has 1 fully saturated rings. The van der Waals surface area contributed by atoms with Crippen molar-refractivity contribution < 1.29 is 39.1 Å². The number of phenols is 2. The first-order valence-corrected chi connectivity index (χ1v) is 12.1. The summed E-state index contributed by atoms with van der Waals surface area (Å²) in [6, 6.07) is 9.79. The zero-order valence-electron chi connectivity index (χ0n) is 20.5. The van der Waals surface area contributed by atoms with E-state index >= 15 is 0 Å². The van der Waals surface area contributed by atoms with Gasteiger partial charge in [0.05, 0.1) is 48.7 Å². The number of aliphatic hydroxyl groups is 1. The number of nitrogens with zero attached hydrogens (tertiary/aromatic N) is 1. The maximum Gasteiger partial charge on any atom is 0.300 e. The van der Waals surface area contributed by atoms with Crippen LogP contribution in [0, 0.1) is 0 Å². The van der Waals surface area contributed by atoms with Crippen LogP contribution in [0.25, 0.3) is 5.76 Å². The van der Waals surface area contributed by atoms with E-state index in [-0.39, 0.29) is 62.2 Å². The quantitative estimate of drug-likeness (QED) is 0.198. The Morgan fingerprint density at radius 2 is 1.61 bits per heavy atom. The summed E-state index contributed by atoms with van der Waals surface area (Å²) in [6.07, 6.45) is 0. The number of methoxy groups -OCH3 is 2. The van der Waals surface area contributed by atoms with Gasteiger partial charge in [-0.25, -0.2) is 0 Å². The zero-order valence-corrected chi connectivity index (χ0v) is 22.0. The molecular weight excluding hydrogens is 537 g/mol. The van der Waals surface area contributed by atoms with Gasteiger partial charge in [-0.3, -0.25) is 14.5 Å². The van der Waals surface area contributed by atoms with Gasteiger partial charge in [-0.2, -0.15) is 0 Å². The van der Waals surface area contributed by atoms with Gasteiger partial charge >= 0.3 is 0 Å². The van der Waals surface area contributed by atoms with E-state index in [0.29, 0.717) is 5.56 Å². The Balaban J connectivity index is 2.05. The summed E-state index contributed by atoms with van der Waals surface area (Å²) in [4.78, 5) is 27.9. The van der Waals surface area contributed by atoms with Crippen molar-refractivity contribution in [2.45, 2.75) is 13.0 Å². The summed E-state index contributed by atoms with van der Waals surface area (Å²) < 4.78 is 16.1. The number of carbonyl (C=O) groups is 2. The number of rotatable bonds is 7. The summed E-state index contributed by atoms with van der Waals surface area (Å²) in [5.41, 5.74) is -0.0392. The molecular formula is C27H23Cl2NO8. The molecule has 9 nitrogen and oxygen atoms in total. The van der Waals surface area contributed by atoms with Crippen LogP contribution in [0.5, 0.6) is 28.7 Å². The van der Waals surface area contributed by atoms with Crippen molar-refractivity contribution >= 4 is 46.3 Å². The third-order valence-corrected chi connectivity index (χ3v) is 6.50. The minimum absolute atomic E-state index is 0.0378. The minimum atomic E-state index is -1.26. The van der Waals surface area contributed by atoms with E-state index in [4.69, 9.17) is 37.4 Å². The molecule has 0 aliphatic carbocycles. The Bertz CT molecular complexity index is 1470. The fourth-order valence-electron chi connectivity index (χ4n) is 4.25. The van der Waals surface area contributed by atoms with Crippen LogP contribution < -0.4 is 19.1 Å². The van der Waals surface area contributed by atoms with Crippen molar-refractivity contribution in [2.75, 3.05) is 25.7 Å². The second-order valence-corrected chi connectivity index (χ2v) is 8.99. The predicted octanol–water partition coefficient (Wildman–Crippen LogP) is 5.45. The highest BCUT2D eigenvalue weighted by Crippen LogP contribution is 2.48. The maximum atomic E-state index is 13.5. The summed E-state index contributed by atoms with van der Waals surface area (Å²) in [5.74, 6) is -2.72. The standard InChI is InChI=1S/C27H23Cl2NO8/c1-4-38-22-9-13(5-7-19(22)32)24-23(25(33)15-11-21(37-3)16(29)12-20(15)36-2)26(34)27(35)30(24)17-10-14(28)6-8-18(17)31/h5-12,24,31-33H,4H2,1-3H3/b25-23+. The normalized spacial score (nSPS) is 16.6. The average Bonchev–Trinajstić information content (AvgIpc) is 3.16. The number of halogens is 2. The van der Waals surface area contributed by atoms with Gasteiger partial charge in [0.2, 0.25) is 0 Å². The van der Waals surface area contributed by atoms with Crippen molar-refractivity contribution in [3.63, 3.8) is 0 Å². The molecule has 4 rings (SSSR count). The van der Waals surface area contributed by atoms with Crippen molar-refractivity contribution in [3.05, 3.63) is 75.3 Å². The number of ketones is 1. The molecule has 38 heavy (non-hydrogen) atoms. The highest BCUT2D eigenvalue weighted by Gasteiger charge is 2.48. The van der Waals surface area contributed by atoms with Gasteiger partial charge in [0, 0.05) is 11.1 Å². The van der Waals surface area contributed by atoms with Crippen LogP contribution in [-0.4, -0.2) is 47.8 Å². The Labute approximate surface area is 228 Å². The van der Waals surface area contributed by atoms with Gasteiger partial charge in [-0.15, -0.1) is 0 Å². The van der Waals surface area contributed by atoms with Crippen LogP contribution >= 0.6 is 23.2 Å². The smallest absolute Gasteiger partial charge is 0.300 e. The maximum absolute atomic E-state index is 13.5. The van der Waals surface area contributed by atoms with Crippen LogP contribution in [0.4, 0.5) is 5.69 Å². The molecule has 1 aliphatic rings. The van der Waals surface area contributed by atoms with E-state index in [1.807, 2.05) is 0 Å². The average molecular weight is 560 g/mol. The van der Waals surface area contributed by atoms with Gasteiger partial charge < -0.3 is 29.5 Å². The molecule has 0 bridgehead atoms. The van der Waals surface area contributed by atoms with Crippen LogP contribution in [0.15, 0.2) is 54.1 Å². The molecule has 11 heteroatoms. The third kappa shape index (κ3) is 4.66. The van der Waals surface area contributed by atoms with Gasteiger partial charge in [0.15, 0.2) is 11.5 Å². The zero-order chi connectivity index (χ0) is 27.7. The van der Waals surface area contributed by atoms with Crippen molar-refractivity contribution in [1.82, 2.24) is 0 Å². The number of carbonyl (C=O) groups excluding carboxylic acids is 2. The number of Topliss-reactive ketones (excluding diaryl/α,β-unsaturated/α-hetero) is 1. The monoisotopic (exact) mass is 559 g/mol. The summed E-state index contributed by atoms with van der Waals surface area (Å²) in [7, 11) is 2.73. The Hall–Kier alpha value is -4.08. The number of benzene rings is 3. The van der Waals surface area contributed by atoms with Crippen molar-refractivity contribution in [2.24, 2.45) is 0 Å². The van der Waals surface area contributed by atoms with E-state index in [0.717, 1.165) is 4.90 Å². The highest BCUT2D eigenvalue weighted by molar-refractivity contribution is 6.52. The van der Waals surface area contributed by atoms with Gasteiger partial charge in [0.25, 0.3) is 11.7 Å². The molecule has 0 saturated carbocycles. The molecule has 1 saturated heterocycles. The minimum Gasteiger partial charge on any atom is -0.507 e. The molecule has 1 unspecified atom stereocenters. The molecule has 0 aromatic heterocycles. The van der Waals surface area contributed by atoms with Crippen LogP contribution in [0.1, 0.15) is 24.1 Å². The first kappa shape index (κ1) is 27.0. The third-order valence-electron chi connectivity index (χ3n) is 5.97. The molecule has 1 aliphatic heterocycles. The van der Waals surface area contributed by atoms with Crippen LogP contribution in [-0.2, 0) is 9.59 Å². The van der Waals surface area contributed by atoms with E-state index in [1.54, 1.807) is 6.92 Å². The van der Waals surface area contributed by atoms with Gasteiger partial charge in [0.1, 0.15) is 23.0 Å². The van der Waals surface area contributed by atoms with E-state index in [1.165, 1.54) is 62.8 Å². The fourth-order valence-corrected chi connectivity index (χ4v) is 4.65. The molecule has 198 valence electrons. The summed E-state index contributed by atoms with van der Waals surface area (Å²) in [5, 5.41) is 32.8. The number of ether oxygens (including phenoxy) is 3. The number of aliphatic hydroxyl groups excluding tert-OH is 1. The molecule has 1 atom stereocenters. The lowest BCUT2D eigenvalue weighted by Crippen LogP contribution is -2.29. The number of hydrogen-bond acceptors (Lipinski definition) is 8. The first-order valence-electron chi connectivity index (χ1n) is 11.3. The molecule has 1 amide bonds. The lowest BCUT2D eigenvalue weighted by Gasteiger charge is -2.26. The molecule has 0 spiro atoms. The fraction of sp³-hybridized carbons (Fsp3) is 0.185. The first-order chi connectivity index (χ1) is 18.1. The highest BCUT2D eigenvalue weighted by atomic mass is 35.5. The van der Waals surface area contributed by atoms with Crippen molar-refractivity contribution in [1.29, 1.82) is 0 Å². The van der Waals surface area contributed by atoms with Crippen molar-refractivity contribution in [3.8, 4) is 28.7 Å². The predicted molar refractivity (Wildman–Crippen MR) is 142 cm³/mol. The molecule has 3 aromatic rings. The Morgan fingerprint density at radius 1 is 0.921 bits per heavy atom. The molecule has 1 heterocycles. The van der Waals surface area contributed by atoms with E-state index in [2.05, 4.69) is 0 Å². The van der Waals surface area contributed by atoms with Crippen LogP contribution in [0.3, 0.4) is 0 Å².